The first kappa shape index (κ1) is 18.9. The van der Waals surface area contributed by atoms with Crippen LogP contribution in [0.15, 0.2) is 36.7 Å². The summed E-state index contributed by atoms with van der Waals surface area (Å²) < 4.78 is 14.6. The SMILES string of the molecule is N#CC[C@@H]1CCCN(c2ncnc3c(F)ccc(-c4ccc(Cl)c(Cl)c4)c23)C1. The number of nitriles is 1. The van der Waals surface area contributed by atoms with Crippen molar-refractivity contribution in [1.82, 2.24) is 9.97 Å². The highest BCUT2D eigenvalue weighted by Crippen LogP contribution is 2.38. The van der Waals surface area contributed by atoms with Gasteiger partial charge in [0.1, 0.15) is 23.5 Å². The van der Waals surface area contributed by atoms with Crippen LogP contribution in [-0.2, 0) is 0 Å². The average molecular weight is 415 g/mol. The Morgan fingerprint density at radius 2 is 2.04 bits per heavy atom. The van der Waals surface area contributed by atoms with Crippen molar-refractivity contribution in [3.05, 3.63) is 52.5 Å². The molecule has 0 radical (unpaired) electrons. The second-order valence-electron chi connectivity index (χ2n) is 6.96. The first-order valence-corrected chi connectivity index (χ1v) is 9.84. The number of benzene rings is 2. The van der Waals surface area contributed by atoms with E-state index >= 15 is 0 Å². The molecule has 1 atom stereocenters. The highest BCUT2D eigenvalue weighted by Gasteiger charge is 2.24. The van der Waals surface area contributed by atoms with Gasteiger partial charge in [-0.05, 0) is 48.1 Å². The lowest BCUT2D eigenvalue weighted by Crippen LogP contribution is -2.36. The van der Waals surface area contributed by atoms with Gasteiger partial charge in [0.2, 0.25) is 0 Å². The number of piperidine rings is 1. The Morgan fingerprint density at radius 3 is 2.82 bits per heavy atom. The molecule has 28 heavy (non-hydrogen) atoms. The quantitative estimate of drug-likeness (QED) is 0.537. The van der Waals surface area contributed by atoms with E-state index in [1.807, 2.05) is 6.07 Å². The summed E-state index contributed by atoms with van der Waals surface area (Å²) >= 11 is 12.3. The molecule has 3 aromatic rings. The highest BCUT2D eigenvalue weighted by molar-refractivity contribution is 6.42. The Bertz CT molecular complexity index is 1080. The van der Waals surface area contributed by atoms with Crippen LogP contribution in [-0.4, -0.2) is 23.1 Å². The van der Waals surface area contributed by atoms with Crippen molar-refractivity contribution in [2.24, 2.45) is 5.92 Å². The molecule has 2 aromatic carbocycles. The maximum Gasteiger partial charge on any atom is 0.149 e. The maximum absolute atomic E-state index is 14.6. The molecule has 1 aliphatic heterocycles. The molecule has 2 heterocycles. The summed E-state index contributed by atoms with van der Waals surface area (Å²) in [6, 6.07) is 10.7. The fraction of sp³-hybridized carbons (Fsp3) is 0.286. The highest BCUT2D eigenvalue weighted by atomic mass is 35.5. The number of fused-ring (bicyclic) bond motifs is 1. The molecular weight excluding hydrogens is 398 g/mol. The summed E-state index contributed by atoms with van der Waals surface area (Å²) in [7, 11) is 0. The van der Waals surface area contributed by atoms with Crippen LogP contribution >= 0.6 is 23.2 Å². The van der Waals surface area contributed by atoms with E-state index in [1.165, 1.54) is 12.4 Å². The minimum Gasteiger partial charge on any atom is -0.356 e. The number of rotatable bonds is 3. The largest absolute Gasteiger partial charge is 0.356 e. The monoisotopic (exact) mass is 414 g/mol. The lowest BCUT2D eigenvalue weighted by Gasteiger charge is -2.33. The standard InChI is InChI=1S/C21H17Cl2FN4/c22-16-5-3-14(10-17(16)23)15-4-6-18(24)20-19(15)21(27-12-26-20)28-9-1-2-13(11-28)7-8-25/h3-6,10,12-13H,1-2,7,9,11H2/t13-/m0/s1. The topological polar surface area (TPSA) is 52.8 Å². The molecule has 1 aromatic heterocycles. The minimum atomic E-state index is -0.395. The van der Waals surface area contributed by atoms with Crippen LogP contribution in [0.2, 0.25) is 10.0 Å². The number of aromatic nitrogens is 2. The van der Waals surface area contributed by atoms with Crippen LogP contribution in [0.3, 0.4) is 0 Å². The molecule has 1 fully saturated rings. The number of hydrogen-bond acceptors (Lipinski definition) is 4. The van der Waals surface area contributed by atoms with Gasteiger partial charge in [-0.1, -0.05) is 35.3 Å². The van der Waals surface area contributed by atoms with Crippen molar-refractivity contribution in [2.45, 2.75) is 19.3 Å². The van der Waals surface area contributed by atoms with Crippen LogP contribution in [0, 0.1) is 23.1 Å². The Kier molecular flexibility index (Phi) is 5.34. The molecule has 7 heteroatoms. The van der Waals surface area contributed by atoms with Gasteiger partial charge in [-0.3, -0.25) is 0 Å². The van der Waals surface area contributed by atoms with Gasteiger partial charge in [0.25, 0.3) is 0 Å². The Labute approximate surface area is 172 Å². The van der Waals surface area contributed by atoms with Crippen LogP contribution in [0.5, 0.6) is 0 Å². The van der Waals surface area contributed by atoms with Crippen LogP contribution in [0.4, 0.5) is 10.2 Å². The van der Waals surface area contributed by atoms with E-state index in [9.17, 15) is 4.39 Å². The van der Waals surface area contributed by atoms with E-state index in [0.29, 0.717) is 27.7 Å². The van der Waals surface area contributed by atoms with E-state index in [2.05, 4.69) is 20.9 Å². The first-order chi connectivity index (χ1) is 13.6. The summed E-state index contributed by atoms with van der Waals surface area (Å²) in [5.41, 5.74) is 1.89. The fourth-order valence-corrected chi connectivity index (χ4v) is 4.12. The van der Waals surface area contributed by atoms with E-state index in [4.69, 9.17) is 28.5 Å². The van der Waals surface area contributed by atoms with Crippen LogP contribution in [0.1, 0.15) is 19.3 Å². The van der Waals surface area contributed by atoms with Crippen molar-refractivity contribution < 1.29 is 4.39 Å². The number of nitrogens with zero attached hydrogens (tertiary/aromatic N) is 4. The first-order valence-electron chi connectivity index (χ1n) is 9.09. The van der Waals surface area contributed by atoms with Crippen molar-refractivity contribution in [1.29, 1.82) is 5.26 Å². The predicted octanol–water partition coefficient (Wildman–Crippen LogP) is 5.87. The molecule has 1 aliphatic rings. The normalized spacial score (nSPS) is 16.9. The lowest BCUT2D eigenvalue weighted by atomic mass is 9.94. The Morgan fingerprint density at radius 1 is 1.18 bits per heavy atom. The second kappa shape index (κ2) is 7.90. The number of anilines is 1. The maximum atomic E-state index is 14.6. The second-order valence-corrected chi connectivity index (χ2v) is 7.78. The van der Waals surface area contributed by atoms with Crippen molar-refractivity contribution in [2.75, 3.05) is 18.0 Å². The van der Waals surface area contributed by atoms with Crippen LogP contribution < -0.4 is 4.90 Å². The zero-order chi connectivity index (χ0) is 19.7. The molecule has 4 rings (SSSR count). The van der Waals surface area contributed by atoms with E-state index in [0.717, 1.165) is 37.1 Å². The Hall–Kier alpha value is -2.42. The van der Waals surface area contributed by atoms with Crippen molar-refractivity contribution in [3.63, 3.8) is 0 Å². The molecule has 0 saturated carbocycles. The van der Waals surface area contributed by atoms with Gasteiger partial charge >= 0.3 is 0 Å². The zero-order valence-electron chi connectivity index (χ0n) is 15.0. The van der Waals surface area contributed by atoms with E-state index in [-0.39, 0.29) is 11.4 Å². The van der Waals surface area contributed by atoms with Gasteiger partial charge in [0.05, 0.1) is 21.5 Å². The lowest BCUT2D eigenvalue weighted by molar-refractivity contribution is 0.420. The zero-order valence-corrected chi connectivity index (χ0v) is 16.5. The molecule has 0 spiro atoms. The van der Waals surface area contributed by atoms with Crippen molar-refractivity contribution in [3.8, 4) is 17.2 Å². The van der Waals surface area contributed by atoms with E-state index in [1.54, 1.807) is 18.2 Å². The summed E-state index contributed by atoms with van der Waals surface area (Å²) in [6.07, 6.45) is 3.89. The third kappa shape index (κ3) is 3.50. The van der Waals surface area contributed by atoms with Gasteiger partial charge < -0.3 is 4.90 Å². The molecule has 1 saturated heterocycles. The van der Waals surface area contributed by atoms with Gasteiger partial charge in [-0.25, -0.2) is 14.4 Å². The fourth-order valence-electron chi connectivity index (χ4n) is 3.82. The summed E-state index contributed by atoms with van der Waals surface area (Å²) in [5.74, 6) is 0.576. The molecule has 4 nitrogen and oxygen atoms in total. The van der Waals surface area contributed by atoms with Gasteiger partial charge in [-0.2, -0.15) is 5.26 Å². The van der Waals surface area contributed by atoms with Crippen molar-refractivity contribution >= 4 is 39.9 Å². The molecule has 0 bridgehead atoms. The van der Waals surface area contributed by atoms with Gasteiger partial charge in [0.15, 0.2) is 0 Å². The van der Waals surface area contributed by atoms with Crippen LogP contribution in [0.25, 0.3) is 22.0 Å². The van der Waals surface area contributed by atoms with Gasteiger partial charge in [-0.15, -0.1) is 0 Å². The summed E-state index contributed by atoms with van der Waals surface area (Å²) in [4.78, 5) is 10.8. The third-order valence-corrected chi connectivity index (χ3v) is 5.89. The minimum absolute atomic E-state index is 0.274. The molecule has 142 valence electrons. The molecule has 0 unspecified atom stereocenters. The summed E-state index contributed by atoms with van der Waals surface area (Å²) in [5, 5.41) is 10.6. The number of halogens is 3. The third-order valence-electron chi connectivity index (χ3n) is 5.15. The van der Waals surface area contributed by atoms with Gasteiger partial charge in [0, 0.05) is 19.5 Å². The van der Waals surface area contributed by atoms with E-state index < -0.39 is 5.82 Å². The smallest absolute Gasteiger partial charge is 0.149 e. The average Bonchev–Trinajstić information content (AvgIpc) is 2.71. The Balaban J connectivity index is 1.89. The molecule has 0 amide bonds. The number of hydrogen-bond donors (Lipinski definition) is 0. The summed E-state index contributed by atoms with van der Waals surface area (Å²) in [6.45, 7) is 1.53. The molecule has 0 N–H and O–H groups in total. The predicted molar refractivity (Wildman–Crippen MR) is 110 cm³/mol. The molecule has 0 aliphatic carbocycles. The molecular formula is C21H17Cl2FN4.